The quantitative estimate of drug-likeness (QED) is 0.549. The van der Waals surface area contributed by atoms with Crippen molar-refractivity contribution in [2.75, 3.05) is 7.11 Å². The zero-order valence-electron chi connectivity index (χ0n) is 8.29. The first-order valence-electron chi connectivity index (χ1n) is 4.32. The minimum atomic E-state index is -0.645. The molecule has 0 aromatic carbocycles. The maximum absolute atomic E-state index is 12.8. The molecule has 0 unspecified atom stereocenters. The number of hydrogen-bond donors (Lipinski definition) is 0. The number of nitrogens with zero attached hydrogens (tertiary/aromatic N) is 4. The SMILES string of the molecule is COC(=O)c1ncn(-c2ccnc(F)c2)n1. The van der Waals surface area contributed by atoms with E-state index in [1.54, 1.807) is 6.07 Å². The third-order valence-electron chi connectivity index (χ3n) is 1.83. The number of aromatic nitrogens is 4. The molecule has 6 nitrogen and oxygen atoms in total. The summed E-state index contributed by atoms with van der Waals surface area (Å²) in [7, 11) is 1.23. The van der Waals surface area contributed by atoms with Gasteiger partial charge in [0.15, 0.2) is 0 Å². The average Bonchev–Trinajstić information content (AvgIpc) is 2.77. The lowest BCUT2D eigenvalue weighted by atomic mass is 10.4. The van der Waals surface area contributed by atoms with Gasteiger partial charge in [0.2, 0.25) is 5.95 Å². The van der Waals surface area contributed by atoms with Gasteiger partial charge < -0.3 is 4.74 Å². The standard InChI is InChI=1S/C9H7FN4O2/c1-16-9(15)8-12-5-14(13-8)6-2-3-11-7(10)4-6/h2-5H,1H3. The number of methoxy groups -OCH3 is 1. The van der Waals surface area contributed by atoms with E-state index in [0.29, 0.717) is 5.69 Å². The molecule has 16 heavy (non-hydrogen) atoms. The minimum Gasteiger partial charge on any atom is -0.463 e. The third kappa shape index (κ3) is 1.88. The van der Waals surface area contributed by atoms with Crippen LogP contribution in [0.15, 0.2) is 24.7 Å². The zero-order chi connectivity index (χ0) is 11.5. The van der Waals surface area contributed by atoms with Crippen LogP contribution in [0.5, 0.6) is 0 Å². The highest BCUT2D eigenvalue weighted by Gasteiger charge is 2.11. The molecule has 0 saturated heterocycles. The second-order valence-corrected chi connectivity index (χ2v) is 2.84. The molecule has 0 fully saturated rings. The monoisotopic (exact) mass is 222 g/mol. The van der Waals surface area contributed by atoms with Crippen molar-refractivity contribution in [1.29, 1.82) is 0 Å². The highest BCUT2D eigenvalue weighted by molar-refractivity contribution is 5.84. The van der Waals surface area contributed by atoms with Crippen molar-refractivity contribution in [1.82, 2.24) is 19.7 Å². The van der Waals surface area contributed by atoms with Crippen LogP contribution in [0, 0.1) is 5.95 Å². The average molecular weight is 222 g/mol. The van der Waals surface area contributed by atoms with E-state index in [1.165, 1.54) is 30.4 Å². The van der Waals surface area contributed by atoms with E-state index in [1.807, 2.05) is 0 Å². The first kappa shape index (κ1) is 10.2. The van der Waals surface area contributed by atoms with Crippen LogP contribution in [0.25, 0.3) is 5.69 Å². The third-order valence-corrected chi connectivity index (χ3v) is 1.83. The van der Waals surface area contributed by atoms with Crippen molar-refractivity contribution in [3.63, 3.8) is 0 Å². The van der Waals surface area contributed by atoms with E-state index < -0.39 is 11.9 Å². The highest BCUT2D eigenvalue weighted by Crippen LogP contribution is 2.06. The normalized spacial score (nSPS) is 10.1. The van der Waals surface area contributed by atoms with E-state index in [-0.39, 0.29) is 5.82 Å². The molecule has 2 rings (SSSR count). The fourth-order valence-corrected chi connectivity index (χ4v) is 1.11. The van der Waals surface area contributed by atoms with Crippen LogP contribution in [-0.4, -0.2) is 32.8 Å². The molecule has 7 heteroatoms. The van der Waals surface area contributed by atoms with Gasteiger partial charge in [0, 0.05) is 12.3 Å². The first-order valence-corrected chi connectivity index (χ1v) is 4.32. The molecule has 0 amide bonds. The van der Waals surface area contributed by atoms with E-state index in [9.17, 15) is 9.18 Å². The van der Waals surface area contributed by atoms with Gasteiger partial charge in [-0.3, -0.25) is 0 Å². The summed E-state index contributed by atoms with van der Waals surface area (Å²) in [5, 5.41) is 3.83. The smallest absolute Gasteiger partial charge is 0.377 e. The predicted octanol–water partition coefficient (Wildman–Crippen LogP) is 0.588. The van der Waals surface area contributed by atoms with Crippen molar-refractivity contribution in [3.8, 4) is 5.69 Å². The van der Waals surface area contributed by atoms with Gasteiger partial charge in [0.25, 0.3) is 5.82 Å². The van der Waals surface area contributed by atoms with Gasteiger partial charge in [0.1, 0.15) is 6.33 Å². The van der Waals surface area contributed by atoms with E-state index in [2.05, 4.69) is 19.8 Å². The first-order chi connectivity index (χ1) is 7.70. The largest absolute Gasteiger partial charge is 0.463 e. The second-order valence-electron chi connectivity index (χ2n) is 2.84. The number of esters is 1. The fourth-order valence-electron chi connectivity index (χ4n) is 1.11. The van der Waals surface area contributed by atoms with E-state index in [0.717, 1.165) is 0 Å². The molecular weight excluding hydrogens is 215 g/mol. The van der Waals surface area contributed by atoms with Crippen molar-refractivity contribution in [3.05, 3.63) is 36.4 Å². The Hall–Kier alpha value is -2.31. The molecule has 0 N–H and O–H groups in total. The Labute approximate surface area is 89.7 Å². The molecule has 0 bridgehead atoms. The lowest BCUT2D eigenvalue weighted by Gasteiger charge is -1.98. The summed E-state index contributed by atoms with van der Waals surface area (Å²) in [6.45, 7) is 0. The predicted molar refractivity (Wildman–Crippen MR) is 50.5 cm³/mol. The van der Waals surface area contributed by atoms with Gasteiger partial charge in [-0.15, -0.1) is 5.10 Å². The summed E-state index contributed by atoms with van der Waals surface area (Å²) in [4.78, 5) is 18.2. The van der Waals surface area contributed by atoms with E-state index >= 15 is 0 Å². The summed E-state index contributed by atoms with van der Waals surface area (Å²) in [6.07, 6.45) is 2.59. The summed E-state index contributed by atoms with van der Waals surface area (Å²) in [6, 6.07) is 2.72. The lowest BCUT2D eigenvalue weighted by molar-refractivity contribution is 0.0587. The number of carbonyl (C=O) groups excluding carboxylic acids is 1. The number of carbonyl (C=O) groups is 1. The van der Waals surface area contributed by atoms with E-state index in [4.69, 9.17) is 0 Å². The Morgan fingerprint density at radius 2 is 2.31 bits per heavy atom. The Morgan fingerprint density at radius 1 is 1.50 bits per heavy atom. The number of rotatable bonds is 2. The highest BCUT2D eigenvalue weighted by atomic mass is 19.1. The van der Waals surface area contributed by atoms with Crippen molar-refractivity contribution in [2.24, 2.45) is 0 Å². The molecule has 82 valence electrons. The molecule has 0 radical (unpaired) electrons. The summed E-state index contributed by atoms with van der Waals surface area (Å²) in [5.41, 5.74) is 0.426. The van der Waals surface area contributed by atoms with Crippen molar-refractivity contribution >= 4 is 5.97 Å². The lowest BCUT2D eigenvalue weighted by Crippen LogP contribution is -2.05. The molecule has 0 spiro atoms. The second kappa shape index (κ2) is 4.05. The van der Waals surface area contributed by atoms with Gasteiger partial charge in [-0.25, -0.2) is 19.4 Å². The molecule has 0 atom stereocenters. The Morgan fingerprint density at radius 3 is 3.00 bits per heavy atom. The molecule has 0 aliphatic heterocycles. The number of ether oxygens (including phenoxy) is 1. The molecule has 0 aliphatic rings. The van der Waals surface area contributed by atoms with Gasteiger partial charge in [-0.1, -0.05) is 0 Å². The molecule has 0 aliphatic carbocycles. The van der Waals surface area contributed by atoms with Gasteiger partial charge in [0.05, 0.1) is 12.8 Å². The zero-order valence-corrected chi connectivity index (χ0v) is 8.29. The number of pyridine rings is 1. The van der Waals surface area contributed by atoms with Gasteiger partial charge >= 0.3 is 5.97 Å². The summed E-state index contributed by atoms with van der Waals surface area (Å²) in [5.74, 6) is -1.36. The Bertz CT molecular complexity index is 526. The molecule has 2 aromatic heterocycles. The maximum atomic E-state index is 12.8. The molecule has 0 saturated carbocycles. The molecule has 2 aromatic rings. The Balaban J connectivity index is 2.35. The maximum Gasteiger partial charge on any atom is 0.377 e. The topological polar surface area (TPSA) is 69.9 Å². The van der Waals surface area contributed by atoms with Crippen LogP contribution in [0.2, 0.25) is 0 Å². The summed E-state index contributed by atoms with van der Waals surface area (Å²) >= 11 is 0. The fraction of sp³-hybridized carbons (Fsp3) is 0.111. The number of halogens is 1. The van der Waals surface area contributed by atoms with Gasteiger partial charge in [-0.2, -0.15) is 4.39 Å². The molecule has 2 heterocycles. The van der Waals surface area contributed by atoms with Crippen molar-refractivity contribution < 1.29 is 13.9 Å². The van der Waals surface area contributed by atoms with Crippen molar-refractivity contribution in [2.45, 2.75) is 0 Å². The summed E-state index contributed by atoms with van der Waals surface area (Å²) < 4.78 is 18.5. The number of hydrogen-bond acceptors (Lipinski definition) is 5. The molecular formula is C9H7FN4O2. The van der Waals surface area contributed by atoms with Crippen LogP contribution in [0.3, 0.4) is 0 Å². The van der Waals surface area contributed by atoms with Crippen LogP contribution in [-0.2, 0) is 4.74 Å². The van der Waals surface area contributed by atoms with Crippen LogP contribution >= 0.6 is 0 Å². The minimum absolute atomic E-state index is 0.0836. The van der Waals surface area contributed by atoms with Crippen LogP contribution < -0.4 is 0 Å². The van der Waals surface area contributed by atoms with Crippen LogP contribution in [0.4, 0.5) is 4.39 Å². The van der Waals surface area contributed by atoms with Gasteiger partial charge in [-0.05, 0) is 6.07 Å². The Kier molecular flexibility index (Phi) is 2.59. The van der Waals surface area contributed by atoms with Crippen LogP contribution in [0.1, 0.15) is 10.6 Å².